The number of ether oxygens (including phenoxy) is 1. The molecule has 2 aromatic heterocycles. The fourth-order valence-electron chi connectivity index (χ4n) is 4.49. The van der Waals surface area contributed by atoms with Crippen molar-refractivity contribution in [2.24, 2.45) is 0 Å². The van der Waals surface area contributed by atoms with E-state index in [1.165, 1.54) is 37.3 Å². The van der Waals surface area contributed by atoms with Gasteiger partial charge in [-0.2, -0.15) is 35.5 Å². The third kappa shape index (κ3) is 7.44. The van der Waals surface area contributed by atoms with Gasteiger partial charge in [-0.15, -0.1) is 0 Å². The molecule has 0 bridgehead atoms. The molecule has 1 N–H and O–H groups in total. The fraction of sp³-hybridized carbons (Fsp3) is 0.172. The molecule has 0 atom stereocenters. The number of aromatic nitrogens is 3. The molecule has 16 heteroatoms. The molecule has 45 heavy (non-hydrogen) atoms. The largest absolute Gasteiger partial charge is 0.440 e. The predicted molar refractivity (Wildman–Crippen MR) is 151 cm³/mol. The average molecular weight is 672 g/mol. The number of aliphatic hydroxyl groups excluding tert-OH is 1. The highest BCUT2D eigenvalue weighted by Gasteiger charge is 2.34. The molecule has 0 aliphatic rings. The lowest BCUT2D eigenvalue weighted by atomic mass is 9.96. The van der Waals surface area contributed by atoms with E-state index in [-0.39, 0.29) is 50.5 Å². The van der Waals surface area contributed by atoms with E-state index >= 15 is 0 Å². The average Bonchev–Trinajstić information content (AvgIpc) is 3.61. The number of hydrogen-bond donors (Lipinski definition) is 1. The van der Waals surface area contributed by atoms with Crippen molar-refractivity contribution < 1.29 is 49.0 Å². The molecule has 0 aliphatic carbocycles. The molecule has 236 valence electrons. The summed E-state index contributed by atoms with van der Waals surface area (Å²) < 4.78 is 109. The van der Waals surface area contributed by atoms with Crippen LogP contribution in [0.5, 0.6) is 5.75 Å². The van der Waals surface area contributed by atoms with E-state index in [1.54, 1.807) is 25.1 Å². The van der Waals surface area contributed by atoms with Gasteiger partial charge in [0.2, 0.25) is 0 Å². The summed E-state index contributed by atoms with van der Waals surface area (Å²) in [6, 6.07) is 12.4. The van der Waals surface area contributed by atoms with Crippen molar-refractivity contribution in [2.75, 3.05) is 0 Å². The molecule has 0 spiro atoms. The first-order valence-corrected chi connectivity index (χ1v) is 13.6. The van der Waals surface area contributed by atoms with Gasteiger partial charge >= 0.3 is 24.4 Å². The first-order valence-electron chi connectivity index (χ1n) is 12.6. The Morgan fingerprint density at radius 2 is 1.71 bits per heavy atom. The van der Waals surface area contributed by atoms with Crippen molar-refractivity contribution in [1.82, 2.24) is 14.8 Å². The van der Waals surface area contributed by atoms with Crippen LogP contribution in [0.15, 0.2) is 65.2 Å². The van der Waals surface area contributed by atoms with Crippen molar-refractivity contribution in [3.63, 3.8) is 0 Å². The second kappa shape index (κ2) is 13.7. The van der Waals surface area contributed by atoms with E-state index in [0.717, 1.165) is 16.9 Å². The van der Waals surface area contributed by atoms with Crippen LogP contribution < -0.4 is 4.74 Å². The number of halogens is 7. The van der Waals surface area contributed by atoms with Crippen LogP contribution in [-0.4, -0.2) is 34.9 Å². The minimum atomic E-state index is -4.70. The molecule has 0 saturated heterocycles. The summed E-state index contributed by atoms with van der Waals surface area (Å²) >= 11 is 5.27. The highest BCUT2D eigenvalue weighted by Crippen LogP contribution is 2.41. The third-order valence-corrected chi connectivity index (χ3v) is 6.74. The Hall–Kier alpha value is -4.47. The van der Waals surface area contributed by atoms with Gasteiger partial charge in [0, 0.05) is 29.8 Å². The van der Waals surface area contributed by atoms with Gasteiger partial charge in [-0.1, -0.05) is 29.8 Å². The molecule has 8 nitrogen and oxygen atoms in total. The standard InChI is InChI=1S/C29H20ClF6N3O3.O2S/c1-14-9-18(11-22(31)20(14)13-40)16-4-6-23(39-8-7-25(38-39)29(34,35)36)19(10-16)27-26(37-15(2)41-27)17-3-5-21(30)24(12-17)42-28(32)33;1-3-2/h3-12,28,40H,13H2,1-2H3;. The number of benzene rings is 3. The molecular formula is C29H20ClF6N3O5S. The molecular weight excluding hydrogens is 652 g/mol. The normalized spacial score (nSPS) is 11.4. The Morgan fingerprint density at radius 1 is 1.02 bits per heavy atom. The summed E-state index contributed by atoms with van der Waals surface area (Å²) in [6.45, 7) is -0.483. The number of aliphatic hydroxyl groups is 1. The molecule has 0 unspecified atom stereocenters. The molecule has 0 fully saturated rings. The molecule has 0 amide bonds. The van der Waals surface area contributed by atoms with Gasteiger partial charge in [0.05, 0.1) is 17.3 Å². The monoisotopic (exact) mass is 671 g/mol. The summed E-state index contributed by atoms with van der Waals surface area (Å²) in [5.41, 5.74) is 1.17. The number of aryl methyl sites for hydroxylation is 2. The smallest absolute Gasteiger partial charge is 0.435 e. The van der Waals surface area contributed by atoms with Crippen LogP contribution in [0, 0.1) is 19.7 Å². The van der Waals surface area contributed by atoms with Gasteiger partial charge in [0.15, 0.2) is 17.3 Å². The Bertz CT molecular complexity index is 1860. The zero-order chi connectivity index (χ0) is 33.1. The zero-order valence-electron chi connectivity index (χ0n) is 23.0. The summed E-state index contributed by atoms with van der Waals surface area (Å²) in [5.74, 6) is -0.721. The Balaban J connectivity index is 0.00000148. The maximum absolute atomic E-state index is 14.7. The van der Waals surface area contributed by atoms with Crippen molar-refractivity contribution in [3.8, 4) is 45.1 Å². The summed E-state index contributed by atoms with van der Waals surface area (Å²) in [6.07, 6.45) is -3.58. The molecule has 0 saturated carbocycles. The molecule has 0 aliphatic heterocycles. The molecule has 5 aromatic rings. The van der Waals surface area contributed by atoms with Crippen LogP contribution in [0.1, 0.15) is 22.7 Å². The van der Waals surface area contributed by atoms with Gasteiger partial charge in [0.25, 0.3) is 0 Å². The van der Waals surface area contributed by atoms with Gasteiger partial charge in [0.1, 0.15) is 17.3 Å². The highest BCUT2D eigenvalue weighted by molar-refractivity contribution is 7.51. The second-order valence-electron chi connectivity index (χ2n) is 9.29. The summed E-state index contributed by atoms with van der Waals surface area (Å²) in [4.78, 5) is 4.39. The van der Waals surface area contributed by atoms with E-state index in [4.69, 9.17) is 24.4 Å². The van der Waals surface area contributed by atoms with Crippen molar-refractivity contribution in [1.29, 1.82) is 0 Å². The van der Waals surface area contributed by atoms with E-state index in [2.05, 4.69) is 14.8 Å². The second-order valence-corrected chi connectivity index (χ2v) is 9.83. The number of rotatable bonds is 7. The maximum atomic E-state index is 14.7. The number of oxazole rings is 1. The van der Waals surface area contributed by atoms with Gasteiger partial charge < -0.3 is 14.3 Å². The maximum Gasteiger partial charge on any atom is 0.435 e. The van der Waals surface area contributed by atoms with Crippen molar-refractivity contribution in [3.05, 3.63) is 94.3 Å². The van der Waals surface area contributed by atoms with Crippen LogP contribution in [-0.2, 0) is 24.4 Å². The van der Waals surface area contributed by atoms with Crippen LogP contribution in [0.3, 0.4) is 0 Å². The summed E-state index contributed by atoms with van der Waals surface area (Å²) in [7, 11) is 0. The number of alkyl halides is 5. The molecule has 2 heterocycles. The van der Waals surface area contributed by atoms with Gasteiger partial charge in [-0.05, 0) is 60.0 Å². The van der Waals surface area contributed by atoms with Crippen molar-refractivity contribution in [2.45, 2.75) is 33.2 Å². The Labute approximate surface area is 259 Å². The van der Waals surface area contributed by atoms with Gasteiger partial charge in [-0.25, -0.2) is 14.1 Å². The van der Waals surface area contributed by atoms with Crippen LogP contribution in [0.4, 0.5) is 26.3 Å². The van der Waals surface area contributed by atoms with E-state index in [0.29, 0.717) is 16.7 Å². The number of nitrogens with zero attached hydrogens (tertiary/aromatic N) is 3. The minimum Gasteiger partial charge on any atom is -0.440 e. The fourth-order valence-corrected chi connectivity index (χ4v) is 4.65. The van der Waals surface area contributed by atoms with Crippen LogP contribution >= 0.6 is 11.6 Å². The SMILES string of the molecule is Cc1nc(-c2ccc(Cl)c(OC(F)F)c2)c(-c2cc(-c3cc(C)c(CO)c(F)c3)ccc2-n2ccc(C(F)(F)F)n2)o1.O=S=O. The van der Waals surface area contributed by atoms with Gasteiger partial charge in [-0.3, -0.25) is 0 Å². The molecule has 5 rings (SSSR count). The summed E-state index contributed by atoms with van der Waals surface area (Å²) in [5, 5.41) is 13.1. The van der Waals surface area contributed by atoms with E-state index < -0.39 is 42.5 Å². The first kappa shape index (κ1) is 33.4. The van der Waals surface area contributed by atoms with E-state index in [9.17, 15) is 31.4 Å². The van der Waals surface area contributed by atoms with E-state index in [1.807, 2.05) is 0 Å². The zero-order valence-corrected chi connectivity index (χ0v) is 24.6. The topological polar surface area (TPSA) is 107 Å². The predicted octanol–water partition coefficient (Wildman–Crippen LogP) is 7.71. The minimum absolute atomic E-state index is 0.0721. The van der Waals surface area contributed by atoms with Crippen LogP contribution in [0.25, 0.3) is 39.4 Å². The molecule has 0 radical (unpaired) electrons. The van der Waals surface area contributed by atoms with Crippen LogP contribution in [0.2, 0.25) is 5.02 Å². The lowest BCUT2D eigenvalue weighted by Gasteiger charge is -2.14. The highest BCUT2D eigenvalue weighted by atomic mass is 35.5. The first-order chi connectivity index (χ1) is 21.3. The lowest BCUT2D eigenvalue weighted by molar-refractivity contribution is -0.141. The Kier molecular flexibility index (Phi) is 10.2. The Morgan fingerprint density at radius 3 is 2.31 bits per heavy atom. The van der Waals surface area contributed by atoms with Crippen molar-refractivity contribution >= 4 is 23.2 Å². The quantitative estimate of drug-likeness (QED) is 0.177. The number of hydrogen-bond acceptors (Lipinski definition) is 7. The molecule has 3 aromatic carbocycles. The third-order valence-electron chi connectivity index (χ3n) is 6.43. The lowest BCUT2D eigenvalue weighted by Crippen LogP contribution is -2.07.